The number of nitrogens with one attached hydrogen (secondary N) is 6. The molecule has 0 radical (unpaired) electrons. The van der Waals surface area contributed by atoms with Gasteiger partial charge < -0.3 is 60.7 Å². The van der Waals surface area contributed by atoms with Gasteiger partial charge in [-0.2, -0.15) is 0 Å². The molecule has 0 unspecified atom stereocenters. The van der Waals surface area contributed by atoms with Crippen molar-refractivity contribution < 1.29 is 76.4 Å². The molecule has 4 aliphatic rings. The molecule has 2 aromatic heterocycles. The maximum absolute atomic E-state index is 15.4. The Morgan fingerprint density at radius 1 is 0.812 bits per heavy atom. The van der Waals surface area contributed by atoms with Gasteiger partial charge in [-0.25, -0.2) is 28.7 Å². The highest BCUT2D eigenvalue weighted by molar-refractivity contribution is 14.1. The van der Waals surface area contributed by atoms with Crippen LogP contribution in [0.1, 0.15) is 90.2 Å². The van der Waals surface area contributed by atoms with Gasteiger partial charge in [-0.05, 0) is 118 Å². The number of pyridine rings is 2. The largest absolute Gasteiger partial charge is 0.457 e. The van der Waals surface area contributed by atoms with Crippen LogP contribution in [0.2, 0.25) is 0 Å². The Labute approximate surface area is 559 Å². The van der Waals surface area contributed by atoms with Crippen LogP contribution < -0.4 is 42.4 Å². The van der Waals surface area contributed by atoms with Crippen LogP contribution in [0.4, 0.5) is 20.6 Å². The van der Waals surface area contributed by atoms with Crippen LogP contribution in [-0.4, -0.2) is 124 Å². The molecule has 0 spiro atoms. The minimum atomic E-state index is -2.14. The number of carbonyl (C=O) groups excluding carboxylic acids is 11. The fraction of sp³-hybridized carbons (Fsp3) is 0.250. The standard InChI is InChI=1S/C68H60FIN10O16/c1-4-68(47-25-52-61-45(31-79(52)64(90)46(47)34-94-66(68)92)60-49(75-56(85)32-81)24-44-35(2)48(69)26-50(77-61)59(44)60)96-65(91)43-13-9-8-12-38(43)30-78(3)67(93)95-33-37-14-16-41(17-15-37)74-54(83)29-73-63(89)51(20-36-10-6-5-7-11-36)76-55(84)28-71-53(82)27-72-62(88)39-21-40(70)23-42(22-39)80-57(86)18-19-58(80)87/h5-19,21-23,25-26,49,51,81H,4,20,24,27-34H2,1-3H3,(H,71,82)(H,72,88)(H,73,89)(H,74,83)(H,75,85)(H,76,84)/t49-,51-,68-/m0/s1. The summed E-state index contributed by atoms with van der Waals surface area (Å²) in [4.78, 5) is 166. The Morgan fingerprint density at radius 2 is 1.52 bits per heavy atom. The first-order valence-corrected chi connectivity index (χ1v) is 31.2. The van der Waals surface area contributed by atoms with Gasteiger partial charge in [0.15, 0.2) is 0 Å². The van der Waals surface area contributed by atoms with Crippen LogP contribution in [0, 0.1) is 16.3 Å². The molecule has 7 aromatic rings. The number of carbonyl (C=O) groups is 11. The second-order valence-corrected chi connectivity index (χ2v) is 24.2. The van der Waals surface area contributed by atoms with E-state index in [9.17, 15) is 62.6 Å². The summed E-state index contributed by atoms with van der Waals surface area (Å²) in [5, 5.41) is 25.7. The Balaban J connectivity index is 0.672. The lowest BCUT2D eigenvalue weighted by atomic mass is 9.85. The maximum atomic E-state index is 15.4. The third-order valence-corrected chi connectivity index (χ3v) is 17.4. The van der Waals surface area contributed by atoms with Crippen LogP contribution in [-0.2, 0) is 97.3 Å². The van der Waals surface area contributed by atoms with Gasteiger partial charge in [0, 0.05) is 69.6 Å². The van der Waals surface area contributed by atoms with E-state index in [2.05, 4.69) is 31.9 Å². The van der Waals surface area contributed by atoms with E-state index in [-0.39, 0.29) is 78.1 Å². The van der Waals surface area contributed by atoms with Gasteiger partial charge in [0.2, 0.25) is 35.1 Å². The molecule has 0 saturated carbocycles. The zero-order chi connectivity index (χ0) is 68.3. The molecule has 1 aliphatic carbocycles. The summed E-state index contributed by atoms with van der Waals surface area (Å²) in [5.74, 6) is -7.74. The van der Waals surface area contributed by atoms with E-state index in [1.165, 1.54) is 40.8 Å². The third-order valence-electron chi connectivity index (χ3n) is 16.8. The van der Waals surface area contributed by atoms with Gasteiger partial charge >= 0.3 is 18.0 Å². The normalized spacial score (nSPS) is 15.8. The number of anilines is 2. The number of ether oxygens (including phenoxy) is 3. The number of imide groups is 1. The number of halogens is 2. The molecule has 492 valence electrons. The molecule has 7 N–H and O–H groups in total. The number of nitrogens with zero attached hydrogens (tertiary/aromatic N) is 4. The van der Waals surface area contributed by atoms with E-state index in [1.54, 1.807) is 98.8 Å². The molecule has 3 aliphatic heterocycles. The van der Waals surface area contributed by atoms with E-state index in [0.29, 0.717) is 59.3 Å². The fourth-order valence-corrected chi connectivity index (χ4v) is 12.7. The summed E-state index contributed by atoms with van der Waals surface area (Å²) in [6.07, 6.45) is 1.49. The molecule has 11 rings (SSSR count). The lowest BCUT2D eigenvalue weighted by Gasteiger charge is -2.35. The molecule has 0 fully saturated rings. The lowest BCUT2D eigenvalue weighted by molar-refractivity contribution is -0.173. The quantitative estimate of drug-likeness (QED) is 0.0216. The van der Waals surface area contributed by atoms with Crippen molar-refractivity contribution in [3.8, 4) is 11.4 Å². The number of rotatable bonds is 22. The predicted octanol–water partition coefficient (Wildman–Crippen LogP) is 4.23. The monoisotopic (exact) mass is 1420 g/mol. The molecule has 5 aromatic carbocycles. The second-order valence-electron chi connectivity index (χ2n) is 23.0. The van der Waals surface area contributed by atoms with Crippen molar-refractivity contribution in [3.63, 3.8) is 0 Å². The average Bonchev–Trinajstić information content (AvgIpc) is 1.49. The first kappa shape index (κ1) is 66.4. The summed E-state index contributed by atoms with van der Waals surface area (Å²) in [6, 6.07) is 26.6. The highest BCUT2D eigenvalue weighted by Gasteiger charge is 2.51. The second kappa shape index (κ2) is 27.9. The van der Waals surface area contributed by atoms with Crippen molar-refractivity contribution in [1.82, 2.24) is 41.0 Å². The number of esters is 2. The van der Waals surface area contributed by atoms with Gasteiger partial charge in [0.1, 0.15) is 31.7 Å². The number of benzene rings is 5. The maximum Gasteiger partial charge on any atom is 0.410 e. The van der Waals surface area contributed by atoms with Gasteiger partial charge in [0.25, 0.3) is 23.3 Å². The highest BCUT2D eigenvalue weighted by Crippen LogP contribution is 2.48. The molecule has 0 bridgehead atoms. The van der Waals surface area contributed by atoms with E-state index < -0.39 is 127 Å². The van der Waals surface area contributed by atoms with Crippen molar-refractivity contribution in [2.45, 2.75) is 77.1 Å². The number of amides is 9. The van der Waals surface area contributed by atoms with Crippen molar-refractivity contribution in [1.29, 1.82) is 0 Å². The van der Waals surface area contributed by atoms with E-state index in [0.717, 1.165) is 17.1 Å². The molecule has 9 amide bonds. The Bertz CT molecular complexity index is 4520. The van der Waals surface area contributed by atoms with Crippen LogP contribution in [0.15, 0.2) is 126 Å². The molecule has 0 saturated heterocycles. The summed E-state index contributed by atoms with van der Waals surface area (Å²) in [6.45, 7) is 0.00270. The van der Waals surface area contributed by atoms with Gasteiger partial charge in [-0.15, -0.1) is 0 Å². The van der Waals surface area contributed by atoms with Crippen LogP contribution in [0.5, 0.6) is 0 Å². The number of fused-ring (bicyclic) bond motifs is 5. The molecular formula is C68H60FIN10O16. The number of aliphatic hydroxyl groups excluding tert-OH is 1. The minimum absolute atomic E-state index is 0.00790. The Hall–Kier alpha value is -11.0. The Kier molecular flexibility index (Phi) is 19.3. The zero-order valence-corrected chi connectivity index (χ0v) is 53.8. The first-order valence-electron chi connectivity index (χ1n) is 30.1. The lowest BCUT2D eigenvalue weighted by Crippen LogP contribution is -2.52. The third kappa shape index (κ3) is 13.7. The predicted molar refractivity (Wildman–Crippen MR) is 348 cm³/mol. The van der Waals surface area contributed by atoms with Crippen molar-refractivity contribution in [2.75, 3.05) is 43.5 Å². The highest BCUT2D eigenvalue weighted by atomic mass is 127. The number of aromatic nitrogens is 2. The number of hydrogen-bond acceptors (Lipinski definition) is 17. The molecule has 96 heavy (non-hydrogen) atoms. The van der Waals surface area contributed by atoms with E-state index in [4.69, 9.17) is 19.2 Å². The van der Waals surface area contributed by atoms with Crippen LogP contribution in [0.3, 0.4) is 0 Å². The first-order chi connectivity index (χ1) is 46.0. The summed E-state index contributed by atoms with van der Waals surface area (Å²) >= 11 is 1.92. The summed E-state index contributed by atoms with van der Waals surface area (Å²) in [5.41, 5.74) is 2.58. The van der Waals surface area contributed by atoms with Crippen molar-refractivity contribution >= 4 is 110 Å². The zero-order valence-electron chi connectivity index (χ0n) is 51.6. The summed E-state index contributed by atoms with van der Waals surface area (Å²) in [7, 11) is 1.44. The number of aliphatic hydroxyl groups is 1. The smallest absolute Gasteiger partial charge is 0.410 e. The topological polar surface area (TPSA) is 349 Å². The molecule has 26 nitrogen and oxygen atoms in total. The van der Waals surface area contributed by atoms with Gasteiger partial charge in [0.05, 0.1) is 65.9 Å². The summed E-state index contributed by atoms with van der Waals surface area (Å²) < 4.78 is 34.8. The van der Waals surface area contributed by atoms with Gasteiger partial charge in [-0.3, -0.25) is 43.2 Å². The van der Waals surface area contributed by atoms with Crippen LogP contribution in [0.25, 0.3) is 22.3 Å². The number of hydrogen-bond donors (Lipinski definition) is 7. The average molecular weight is 1420 g/mol. The molecular weight excluding hydrogens is 1360 g/mol. The number of cyclic esters (lactones) is 1. The van der Waals surface area contributed by atoms with Crippen LogP contribution >= 0.6 is 22.6 Å². The SMILES string of the molecule is CC[C@@]1(OC(=O)c2ccccc2CN(C)C(=O)OCc2ccc(NC(=O)CNC(=O)[C@H](Cc3ccccc3)NC(=O)CNC(=O)CNC(=O)c3cc(I)cc(N4C(=O)C=CC4=O)c3)cc2)C(=O)OCc2c1cc1n(c2=O)Cc2c-1nc1cc(F)c(C)c3c1c2[C@@H](NC(=O)CO)C3. The van der Waals surface area contributed by atoms with E-state index in [1.807, 2.05) is 22.6 Å². The molecule has 5 heterocycles. The minimum Gasteiger partial charge on any atom is -0.457 e. The van der Waals surface area contributed by atoms with E-state index >= 15 is 4.39 Å². The molecule has 28 heteroatoms. The van der Waals surface area contributed by atoms with Crippen molar-refractivity contribution in [3.05, 3.63) is 202 Å². The van der Waals surface area contributed by atoms with Gasteiger partial charge in [-0.1, -0.05) is 67.6 Å². The van der Waals surface area contributed by atoms with Crippen molar-refractivity contribution in [2.24, 2.45) is 0 Å². The fourth-order valence-electron chi connectivity index (χ4n) is 12.0. The Morgan fingerprint density at radius 3 is 2.25 bits per heavy atom. The molecule has 3 atom stereocenters.